The number of amides is 2. The van der Waals surface area contributed by atoms with E-state index >= 15 is 0 Å². The van der Waals surface area contributed by atoms with Gasteiger partial charge in [0.1, 0.15) is 11.6 Å². The summed E-state index contributed by atoms with van der Waals surface area (Å²) in [5, 5.41) is 2.53. The van der Waals surface area contributed by atoms with Gasteiger partial charge in [-0.1, -0.05) is 36.4 Å². The topological polar surface area (TPSA) is 61.8 Å². The van der Waals surface area contributed by atoms with Gasteiger partial charge in [-0.25, -0.2) is 13.8 Å². The first-order valence-electron chi connectivity index (χ1n) is 9.22. The Labute approximate surface area is 171 Å². The predicted molar refractivity (Wildman–Crippen MR) is 110 cm³/mol. The average Bonchev–Trinajstić information content (AvgIpc) is 2.85. The second-order valence-electron chi connectivity index (χ2n) is 6.76. The van der Waals surface area contributed by atoms with Crippen molar-refractivity contribution in [3.63, 3.8) is 0 Å². The zero-order valence-electron chi connectivity index (χ0n) is 16.0. The molecule has 4 rings (SSSR count). The Balaban J connectivity index is 1.81. The van der Waals surface area contributed by atoms with Crippen LogP contribution in [0.3, 0.4) is 0 Å². The minimum absolute atomic E-state index is 0.0508. The molecular formula is C23H17F2N3O2. The molecule has 0 saturated heterocycles. The number of para-hydroxylation sites is 1. The SMILES string of the molecule is CN1C(=O)C(NC(=O)c2cccc(F)c2)N=C(c2ccccc2F)c2ccccc21. The third-order valence-corrected chi connectivity index (χ3v) is 4.83. The molecule has 0 aromatic heterocycles. The van der Waals surface area contributed by atoms with Gasteiger partial charge in [-0.15, -0.1) is 0 Å². The fourth-order valence-electron chi connectivity index (χ4n) is 3.32. The summed E-state index contributed by atoms with van der Waals surface area (Å²) in [6, 6.07) is 18.2. The number of carbonyl (C=O) groups excluding carboxylic acids is 2. The number of likely N-dealkylation sites (N-methyl/N-ethyl adjacent to an activating group) is 1. The third-order valence-electron chi connectivity index (χ3n) is 4.83. The first kappa shape index (κ1) is 19.4. The van der Waals surface area contributed by atoms with Gasteiger partial charge in [0.05, 0.1) is 11.4 Å². The van der Waals surface area contributed by atoms with Crippen molar-refractivity contribution >= 4 is 23.2 Å². The molecule has 0 radical (unpaired) electrons. The highest BCUT2D eigenvalue weighted by atomic mass is 19.1. The largest absolute Gasteiger partial charge is 0.322 e. The van der Waals surface area contributed by atoms with E-state index in [-0.39, 0.29) is 16.8 Å². The van der Waals surface area contributed by atoms with Gasteiger partial charge in [-0.05, 0) is 36.4 Å². The van der Waals surface area contributed by atoms with Crippen LogP contribution in [0, 0.1) is 11.6 Å². The number of anilines is 1. The Bertz CT molecular complexity index is 1180. The molecule has 1 N–H and O–H groups in total. The van der Waals surface area contributed by atoms with Crippen LogP contribution in [-0.2, 0) is 4.79 Å². The molecule has 3 aromatic carbocycles. The Morgan fingerprint density at radius 2 is 1.67 bits per heavy atom. The average molecular weight is 405 g/mol. The first-order valence-corrected chi connectivity index (χ1v) is 9.22. The highest BCUT2D eigenvalue weighted by molar-refractivity contribution is 6.20. The van der Waals surface area contributed by atoms with Crippen molar-refractivity contribution in [3.8, 4) is 0 Å². The zero-order valence-corrected chi connectivity index (χ0v) is 16.0. The normalized spacial score (nSPS) is 15.8. The smallest absolute Gasteiger partial charge is 0.272 e. The minimum Gasteiger partial charge on any atom is -0.322 e. The maximum atomic E-state index is 14.6. The molecular weight excluding hydrogens is 388 g/mol. The molecule has 1 aliphatic rings. The monoisotopic (exact) mass is 405 g/mol. The maximum absolute atomic E-state index is 14.6. The van der Waals surface area contributed by atoms with Gasteiger partial charge in [0, 0.05) is 23.7 Å². The van der Waals surface area contributed by atoms with Crippen molar-refractivity contribution in [2.24, 2.45) is 4.99 Å². The number of fused-ring (bicyclic) bond motifs is 1. The molecule has 1 aliphatic heterocycles. The van der Waals surface area contributed by atoms with Gasteiger partial charge >= 0.3 is 0 Å². The molecule has 1 unspecified atom stereocenters. The molecule has 2 amide bonds. The van der Waals surface area contributed by atoms with E-state index in [0.717, 1.165) is 6.07 Å². The van der Waals surface area contributed by atoms with Crippen LogP contribution in [-0.4, -0.2) is 30.7 Å². The van der Waals surface area contributed by atoms with E-state index < -0.39 is 29.6 Å². The van der Waals surface area contributed by atoms with Crippen LogP contribution in [0.5, 0.6) is 0 Å². The summed E-state index contributed by atoms with van der Waals surface area (Å²) < 4.78 is 28.1. The fourth-order valence-corrected chi connectivity index (χ4v) is 3.32. The Morgan fingerprint density at radius 1 is 0.967 bits per heavy atom. The molecule has 0 aliphatic carbocycles. The molecule has 1 heterocycles. The summed E-state index contributed by atoms with van der Waals surface area (Å²) >= 11 is 0. The second kappa shape index (κ2) is 7.87. The molecule has 150 valence electrons. The molecule has 0 fully saturated rings. The number of hydrogen-bond donors (Lipinski definition) is 1. The van der Waals surface area contributed by atoms with E-state index in [4.69, 9.17) is 0 Å². The van der Waals surface area contributed by atoms with Crippen LogP contribution in [0.15, 0.2) is 77.8 Å². The van der Waals surface area contributed by atoms with E-state index in [1.165, 1.54) is 29.2 Å². The number of benzene rings is 3. The van der Waals surface area contributed by atoms with Gasteiger partial charge in [-0.2, -0.15) is 0 Å². The summed E-state index contributed by atoms with van der Waals surface area (Å²) in [6.45, 7) is 0. The number of hydrogen-bond acceptors (Lipinski definition) is 3. The fraction of sp³-hybridized carbons (Fsp3) is 0.0870. The Hall–Kier alpha value is -3.87. The summed E-state index contributed by atoms with van der Waals surface area (Å²) in [5.74, 6) is -2.24. The van der Waals surface area contributed by atoms with Crippen LogP contribution in [0.1, 0.15) is 21.5 Å². The molecule has 1 atom stereocenters. The van der Waals surface area contributed by atoms with Gasteiger partial charge in [0.2, 0.25) is 6.17 Å². The van der Waals surface area contributed by atoms with Crippen molar-refractivity contribution < 1.29 is 18.4 Å². The van der Waals surface area contributed by atoms with Gasteiger partial charge in [-0.3, -0.25) is 9.59 Å². The number of halogens is 2. The van der Waals surface area contributed by atoms with E-state index in [9.17, 15) is 18.4 Å². The third kappa shape index (κ3) is 3.57. The lowest BCUT2D eigenvalue weighted by Crippen LogP contribution is -2.46. The van der Waals surface area contributed by atoms with E-state index in [1.54, 1.807) is 49.5 Å². The van der Waals surface area contributed by atoms with Gasteiger partial charge < -0.3 is 10.2 Å². The van der Waals surface area contributed by atoms with E-state index in [1.807, 2.05) is 0 Å². The van der Waals surface area contributed by atoms with Crippen LogP contribution >= 0.6 is 0 Å². The summed E-state index contributed by atoms with van der Waals surface area (Å²) in [7, 11) is 1.56. The zero-order chi connectivity index (χ0) is 21.3. The lowest BCUT2D eigenvalue weighted by molar-refractivity contribution is -0.119. The van der Waals surface area contributed by atoms with Crippen molar-refractivity contribution in [2.45, 2.75) is 6.17 Å². The molecule has 7 heteroatoms. The summed E-state index contributed by atoms with van der Waals surface area (Å²) in [4.78, 5) is 31.5. The number of aliphatic imine (C=N–C) groups is 1. The van der Waals surface area contributed by atoms with Gasteiger partial charge in [0.15, 0.2) is 0 Å². The lowest BCUT2D eigenvalue weighted by atomic mass is 10.00. The Morgan fingerprint density at radius 3 is 2.40 bits per heavy atom. The van der Waals surface area contributed by atoms with Crippen LogP contribution in [0.25, 0.3) is 0 Å². The van der Waals surface area contributed by atoms with E-state index in [2.05, 4.69) is 10.3 Å². The first-order chi connectivity index (χ1) is 14.5. The minimum atomic E-state index is -1.31. The molecule has 5 nitrogen and oxygen atoms in total. The molecule has 3 aromatic rings. The van der Waals surface area contributed by atoms with Crippen molar-refractivity contribution in [1.29, 1.82) is 0 Å². The van der Waals surface area contributed by atoms with Crippen LogP contribution < -0.4 is 10.2 Å². The predicted octanol–water partition coefficient (Wildman–Crippen LogP) is 3.53. The molecule has 0 spiro atoms. The summed E-state index contributed by atoms with van der Waals surface area (Å²) in [6.07, 6.45) is -1.31. The number of benzodiazepines with no additional fused rings is 1. The maximum Gasteiger partial charge on any atom is 0.272 e. The van der Waals surface area contributed by atoms with Crippen molar-refractivity contribution in [1.82, 2.24) is 5.32 Å². The van der Waals surface area contributed by atoms with Crippen molar-refractivity contribution in [2.75, 3.05) is 11.9 Å². The lowest BCUT2D eigenvalue weighted by Gasteiger charge is -2.20. The number of nitrogens with zero attached hydrogens (tertiary/aromatic N) is 2. The number of rotatable bonds is 3. The molecule has 0 bridgehead atoms. The highest BCUT2D eigenvalue weighted by Crippen LogP contribution is 2.28. The number of nitrogens with one attached hydrogen (secondary N) is 1. The van der Waals surface area contributed by atoms with Crippen LogP contribution in [0.4, 0.5) is 14.5 Å². The number of carbonyl (C=O) groups is 2. The van der Waals surface area contributed by atoms with Crippen molar-refractivity contribution in [3.05, 3.63) is 101 Å². The Kier molecular flexibility index (Phi) is 5.10. The molecule has 30 heavy (non-hydrogen) atoms. The van der Waals surface area contributed by atoms with Gasteiger partial charge in [0.25, 0.3) is 11.8 Å². The second-order valence-corrected chi connectivity index (χ2v) is 6.76. The van der Waals surface area contributed by atoms with E-state index in [0.29, 0.717) is 11.3 Å². The van der Waals surface area contributed by atoms with Crippen LogP contribution in [0.2, 0.25) is 0 Å². The summed E-state index contributed by atoms with van der Waals surface area (Å²) in [5.41, 5.74) is 1.59. The highest BCUT2D eigenvalue weighted by Gasteiger charge is 2.31. The standard InChI is InChI=1S/C23H17F2N3O2/c1-28-19-12-5-3-10-17(19)20(16-9-2-4-11-18(16)25)26-21(23(28)30)27-22(29)14-7-6-8-15(24)13-14/h2-13,21H,1H3,(H,27,29). The quantitative estimate of drug-likeness (QED) is 0.725. The molecule has 0 saturated carbocycles.